The number of hydrogen-bond acceptors (Lipinski definition) is 5. The fraction of sp³-hybridized carbons (Fsp3) is 0.0652. The van der Waals surface area contributed by atoms with E-state index in [1.165, 1.54) is 22.1 Å². The van der Waals surface area contributed by atoms with Crippen molar-refractivity contribution in [1.29, 1.82) is 0 Å². The Balaban J connectivity index is 1.14. The van der Waals surface area contributed by atoms with Crippen molar-refractivity contribution in [2.24, 2.45) is 0 Å². The van der Waals surface area contributed by atoms with Crippen molar-refractivity contribution in [3.8, 4) is 79.4 Å². The highest BCUT2D eigenvalue weighted by Gasteiger charge is 2.40. The summed E-state index contributed by atoms with van der Waals surface area (Å²) in [6.07, 6.45) is 0. The van der Waals surface area contributed by atoms with Crippen LogP contribution in [0, 0.1) is 0 Å². The Hall–Kier alpha value is -6.59. The van der Waals surface area contributed by atoms with Gasteiger partial charge in [-0.3, -0.25) is 0 Å². The van der Waals surface area contributed by atoms with Crippen LogP contribution in [-0.4, -0.2) is 15.0 Å². The lowest BCUT2D eigenvalue weighted by Crippen LogP contribution is -2.15. The SMILES string of the molecule is CC1(C)c2ccccc2-c2c1ccc1c2Oc2c(cccc2-c2ccccc2-c2nc(-c3ccccc3)nc(-c3ccc4ccccc4c3)n2)O1. The first-order valence-electron chi connectivity index (χ1n) is 17.2. The molecule has 7 aromatic carbocycles. The minimum absolute atomic E-state index is 0.158. The molecule has 10 rings (SSSR count). The Morgan fingerprint density at radius 1 is 0.412 bits per heavy atom. The predicted octanol–water partition coefficient (Wildman–Crippen LogP) is 11.9. The van der Waals surface area contributed by atoms with Gasteiger partial charge in [0.05, 0.1) is 0 Å². The van der Waals surface area contributed by atoms with E-state index in [0.717, 1.165) is 44.5 Å². The van der Waals surface area contributed by atoms with E-state index in [4.69, 9.17) is 24.4 Å². The van der Waals surface area contributed by atoms with E-state index in [0.29, 0.717) is 34.7 Å². The Labute approximate surface area is 295 Å². The maximum Gasteiger partial charge on any atom is 0.178 e. The summed E-state index contributed by atoms with van der Waals surface area (Å²) in [5.41, 5.74) is 9.17. The molecule has 5 heteroatoms. The molecule has 0 saturated carbocycles. The van der Waals surface area contributed by atoms with Gasteiger partial charge in [-0.05, 0) is 51.2 Å². The number of rotatable bonds is 4. The van der Waals surface area contributed by atoms with Crippen molar-refractivity contribution in [1.82, 2.24) is 15.0 Å². The topological polar surface area (TPSA) is 57.1 Å². The molecule has 51 heavy (non-hydrogen) atoms. The molecule has 0 spiro atoms. The van der Waals surface area contributed by atoms with E-state index in [-0.39, 0.29) is 5.41 Å². The first kappa shape index (κ1) is 29.3. The van der Waals surface area contributed by atoms with Crippen LogP contribution in [0.3, 0.4) is 0 Å². The van der Waals surface area contributed by atoms with Gasteiger partial charge in [0.2, 0.25) is 0 Å². The smallest absolute Gasteiger partial charge is 0.178 e. The van der Waals surface area contributed by atoms with Crippen LogP contribution in [0.1, 0.15) is 25.0 Å². The summed E-state index contributed by atoms with van der Waals surface area (Å²) in [7, 11) is 0. The highest BCUT2D eigenvalue weighted by molar-refractivity contribution is 5.91. The van der Waals surface area contributed by atoms with Crippen molar-refractivity contribution in [3.63, 3.8) is 0 Å². The van der Waals surface area contributed by atoms with Gasteiger partial charge in [0.15, 0.2) is 40.5 Å². The van der Waals surface area contributed by atoms with E-state index >= 15 is 0 Å². The van der Waals surface area contributed by atoms with Gasteiger partial charge >= 0.3 is 0 Å². The summed E-state index contributed by atoms with van der Waals surface area (Å²) in [4.78, 5) is 15.2. The molecule has 8 aromatic rings. The van der Waals surface area contributed by atoms with Gasteiger partial charge in [-0.2, -0.15) is 0 Å². The summed E-state index contributed by atoms with van der Waals surface area (Å²) in [5.74, 6) is 4.59. The van der Waals surface area contributed by atoms with E-state index in [2.05, 4.69) is 105 Å². The molecule has 0 saturated heterocycles. The third-order valence-corrected chi connectivity index (χ3v) is 10.2. The van der Waals surface area contributed by atoms with Gasteiger partial charge in [0.25, 0.3) is 0 Å². The Morgan fingerprint density at radius 3 is 1.90 bits per heavy atom. The second-order valence-electron chi connectivity index (χ2n) is 13.6. The normalized spacial score (nSPS) is 13.4. The first-order chi connectivity index (χ1) is 25.0. The van der Waals surface area contributed by atoms with Crippen LogP contribution in [0.2, 0.25) is 0 Å². The Kier molecular flexibility index (Phi) is 6.46. The average molecular weight is 658 g/mol. The fourth-order valence-electron chi connectivity index (χ4n) is 7.64. The van der Waals surface area contributed by atoms with Crippen molar-refractivity contribution in [2.45, 2.75) is 19.3 Å². The lowest BCUT2D eigenvalue weighted by atomic mass is 9.82. The van der Waals surface area contributed by atoms with E-state index in [1.807, 2.05) is 60.7 Å². The molecular formula is C46H31N3O2. The quantitative estimate of drug-likeness (QED) is 0.188. The van der Waals surface area contributed by atoms with E-state index in [9.17, 15) is 0 Å². The molecule has 1 aromatic heterocycles. The molecule has 2 heterocycles. The third-order valence-electron chi connectivity index (χ3n) is 10.2. The molecule has 0 fully saturated rings. The molecule has 1 aliphatic heterocycles. The summed E-state index contributed by atoms with van der Waals surface area (Å²) in [5, 5.41) is 2.30. The number of ether oxygens (including phenoxy) is 2. The van der Waals surface area contributed by atoms with Crippen molar-refractivity contribution < 1.29 is 9.47 Å². The highest BCUT2D eigenvalue weighted by atomic mass is 16.6. The Bertz CT molecular complexity index is 2680. The highest BCUT2D eigenvalue weighted by Crippen LogP contribution is 2.59. The zero-order valence-corrected chi connectivity index (χ0v) is 28.1. The lowest BCUT2D eigenvalue weighted by molar-refractivity contribution is 0.361. The van der Waals surface area contributed by atoms with Crippen LogP contribution >= 0.6 is 0 Å². The van der Waals surface area contributed by atoms with Crippen LogP contribution in [-0.2, 0) is 5.41 Å². The molecule has 2 aliphatic rings. The maximum absolute atomic E-state index is 7.00. The molecular weight excluding hydrogens is 627 g/mol. The number of benzene rings is 7. The molecule has 1 aliphatic carbocycles. The number of hydrogen-bond donors (Lipinski definition) is 0. The van der Waals surface area contributed by atoms with Gasteiger partial charge < -0.3 is 9.47 Å². The molecule has 242 valence electrons. The molecule has 0 amide bonds. The average Bonchev–Trinajstić information content (AvgIpc) is 3.43. The largest absolute Gasteiger partial charge is 0.449 e. The zero-order chi connectivity index (χ0) is 34.1. The third kappa shape index (κ3) is 4.66. The van der Waals surface area contributed by atoms with Crippen LogP contribution < -0.4 is 9.47 Å². The van der Waals surface area contributed by atoms with Gasteiger partial charge in [-0.15, -0.1) is 0 Å². The Morgan fingerprint density at radius 2 is 1.06 bits per heavy atom. The molecule has 0 N–H and O–H groups in total. The summed E-state index contributed by atoms with van der Waals surface area (Å²) in [6.45, 7) is 4.54. The minimum atomic E-state index is -0.158. The molecule has 5 nitrogen and oxygen atoms in total. The van der Waals surface area contributed by atoms with Crippen LogP contribution in [0.25, 0.3) is 67.2 Å². The molecule has 0 radical (unpaired) electrons. The predicted molar refractivity (Wildman–Crippen MR) is 203 cm³/mol. The van der Waals surface area contributed by atoms with E-state index in [1.54, 1.807) is 0 Å². The number of fused-ring (bicyclic) bond motifs is 7. The second-order valence-corrected chi connectivity index (χ2v) is 13.6. The monoisotopic (exact) mass is 657 g/mol. The van der Waals surface area contributed by atoms with Crippen molar-refractivity contribution >= 4 is 10.8 Å². The van der Waals surface area contributed by atoms with Crippen LogP contribution in [0.4, 0.5) is 0 Å². The summed E-state index contributed by atoms with van der Waals surface area (Å²) < 4.78 is 13.6. The van der Waals surface area contributed by atoms with Gasteiger partial charge in [-0.1, -0.05) is 147 Å². The van der Waals surface area contributed by atoms with E-state index < -0.39 is 0 Å². The van der Waals surface area contributed by atoms with Crippen LogP contribution in [0.15, 0.2) is 152 Å². The standard InChI is InChI=1S/C46H31N3O2/c1-46(2)36-21-11-10-19-35(36)40-37(46)25-26-39-42(40)51-41-33(20-12-22-38(41)50-39)32-17-8-9-18-34(32)45-48-43(29-14-4-3-5-15-29)47-44(49-45)31-24-23-28-13-6-7-16-30(28)27-31/h3-27H,1-2H3. The molecule has 0 unspecified atom stereocenters. The molecule has 0 atom stereocenters. The van der Waals surface area contributed by atoms with Crippen molar-refractivity contribution in [3.05, 3.63) is 163 Å². The maximum atomic E-state index is 7.00. The lowest BCUT2D eigenvalue weighted by Gasteiger charge is -2.26. The first-order valence-corrected chi connectivity index (χ1v) is 17.2. The number of para-hydroxylation sites is 1. The van der Waals surface area contributed by atoms with Crippen LogP contribution in [0.5, 0.6) is 23.0 Å². The second kappa shape index (κ2) is 11.2. The zero-order valence-electron chi connectivity index (χ0n) is 28.1. The fourth-order valence-corrected chi connectivity index (χ4v) is 7.64. The molecule has 0 bridgehead atoms. The summed E-state index contributed by atoms with van der Waals surface area (Å²) >= 11 is 0. The summed E-state index contributed by atoms with van der Waals surface area (Å²) in [6, 6.07) is 51.8. The van der Waals surface area contributed by atoms with Gasteiger partial charge in [-0.25, -0.2) is 15.0 Å². The number of nitrogens with zero attached hydrogens (tertiary/aromatic N) is 3. The van der Waals surface area contributed by atoms with Gasteiger partial charge in [0.1, 0.15) is 0 Å². The number of aromatic nitrogens is 3. The van der Waals surface area contributed by atoms with Gasteiger partial charge in [0, 0.05) is 33.2 Å². The van der Waals surface area contributed by atoms with Crippen molar-refractivity contribution in [2.75, 3.05) is 0 Å². The minimum Gasteiger partial charge on any atom is -0.449 e.